The Balaban J connectivity index is 1.49. The summed E-state index contributed by atoms with van der Waals surface area (Å²) in [5.74, 6) is 0.625. The third-order valence-electron chi connectivity index (χ3n) is 5.11. The number of halogens is 1. The topological polar surface area (TPSA) is 55.7 Å². The van der Waals surface area contributed by atoms with Crippen molar-refractivity contribution in [3.8, 4) is 11.5 Å². The SMILES string of the molecule is C[C@H](Cc1ccc2c(ccn2CCCO)c1)NCCOc1cc(F)ccc1OC(C)(C)C. The Labute approximate surface area is 190 Å². The molecule has 3 aromatic rings. The second-order valence-electron chi connectivity index (χ2n) is 9.19. The monoisotopic (exact) mass is 442 g/mol. The van der Waals surface area contributed by atoms with Crippen molar-refractivity contribution in [2.24, 2.45) is 0 Å². The lowest BCUT2D eigenvalue weighted by atomic mass is 10.1. The zero-order chi connectivity index (χ0) is 23.1. The highest BCUT2D eigenvalue weighted by atomic mass is 19.1. The maximum absolute atomic E-state index is 13.7. The van der Waals surface area contributed by atoms with Crippen LogP contribution in [0.25, 0.3) is 10.9 Å². The number of nitrogens with zero attached hydrogens (tertiary/aromatic N) is 1. The summed E-state index contributed by atoms with van der Waals surface area (Å²) in [5, 5.41) is 13.7. The number of hydrogen-bond donors (Lipinski definition) is 2. The van der Waals surface area contributed by atoms with E-state index < -0.39 is 0 Å². The number of fused-ring (bicyclic) bond motifs is 1. The van der Waals surface area contributed by atoms with E-state index in [4.69, 9.17) is 14.6 Å². The Hall–Kier alpha value is -2.57. The number of aryl methyl sites for hydroxylation is 1. The Morgan fingerprint density at radius 2 is 1.91 bits per heavy atom. The van der Waals surface area contributed by atoms with Gasteiger partial charge in [-0.05, 0) is 81.8 Å². The molecule has 0 radical (unpaired) electrons. The largest absolute Gasteiger partial charge is 0.488 e. The van der Waals surface area contributed by atoms with Crippen LogP contribution in [0.4, 0.5) is 4.39 Å². The molecule has 1 aromatic heterocycles. The molecule has 3 rings (SSSR count). The summed E-state index contributed by atoms with van der Waals surface area (Å²) in [6.45, 7) is 10.1. The molecule has 2 N–H and O–H groups in total. The molecule has 0 amide bonds. The molecule has 1 atom stereocenters. The van der Waals surface area contributed by atoms with Gasteiger partial charge in [-0.3, -0.25) is 0 Å². The van der Waals surface area contributed by atoms with E-state index in [0.717, 1.165) is 19.4 Å². The van der Waals surface area contributed by atoms with Crippen LogP contribution in [0, 0.1) is 5.82 Å². The number of nitrogens with one attached hydrogen (secondary N) is 1. The number of ether oxygens (including phenoxy) is 2. The van der Waals surface area contributed by atoms with Crippen LogP contribution in [0.2, 0.25) is 0 Å². The summed E-state index contributed by atoms with van der Waals surface area (Å²) < 4.78 is 27.5. The van der Waals surface area contributed by atoms with E-state index in [2.05, 4.69) is 47.3 Å². The minimum absolute atomic E-state index is 0.203. The van der Waals surface area contributed by atoms with E-state index in [1.165, 1.54) is 28.6 Å². The fourth-order valence-corrected chi connectivity index (χ4v) is 3.71. The summed E-state index contributed by atoms with van der Waals surface area (Å²) in [6, 6.07) is 13.3. The molecule has 0 aliphatic carbocycles. The van der Waals surface area contributed by atoms with Gasteiger partial charge in [0.2, 0.25) is 0 Å². The maximum Gasteiger partial charge on any atom is 0.164 e. The molecule has 0 unspecified atom stereocenters. The van der Waals surface area contributed by atoms with Gasteiger partial charge >= 0.3 is 0 Å². The number of rotatable bonds is 11. The fourth-order valence-electron chi connectivity index (χ4n) is 3.71. The summed E-state index contributed by atoms with van der Waals surface area (Å²) in [7, 11) is 0. The average Bonchev–Trinajstić information content (AvgIpc) is 3.12. The normalized spacial score (nSPS) is 12.8. The minimum atomic E-state index is -0.385. The Bertz CT molecular complexity index is 1010. The van der Waals surface area contributed by atoms with Crippen molar-refractivity contribution >= 4 is 10.9 Å². The molecule has 1 heterocycles. The van der Waals surface area contributed by atoms with Crippen LogP contribution in [0.1, 0.15) is 39.7 Å². The fraction of sp³-hybridized carbons (Fsp3) is 0.462. The Kier molecular flexibility index (Phi) is 8.15. The quantitative estimate of drug-likeness (QED) is 0.413. The summed E-state index contributed by atoms with van der Waals surface area (Å²) >= 11 is 0. The standard InChI is InChI=1S/C26H35FN2O3/c1-19(16-20-6-8-23-21(17-20)10-13-29(23)12-5-14-30)28-11-15-31-25-18-22(27)7-9-24(25)32-26(2,3)4/h6-10,13,17-19,28,30H,5,11-12,14-16H2,1-4H3/t19-/m1/s1. The van der Waals surface area contributed by atoms with Gasteiger partial charge in [0.1, 0.15) is 18.0 Å². The molecule has 0 bridgehead atoms. The molecular formula is C26H35FN2O3. The van der Waals surface area contributed by atoms with Crippen LogP contribution in [0.3, 0.4) is 0 Å². The van der Waals surface area contributed by atoms with Gasteiger partial charge < -0.3 is 24.5 Å². The summed E-state index contributed by atoms with van der Waals surface area (Å²) in [5.41, 5.74) is 2.08. The molecule has 6 heteroatoms. The third-order valence-corrected chi connectivity index (χ3v) is 5.11. The van der Waals surface area contributed by atoms with Crippen LogP contribution in [0.5, 0.6) is 11.5 Å². The van der Waals surface area contributed by atoms with Gasteiger partial charge in [0.05, 0.1) is 0 Å². The van der Waals surface area contributed by atoms with E-state index in [0.29, 0.717) is 24.7 Å². The van der Waals surface area contributed by atoms with E-state index in [1.807, 2.05) is 20.8 Å². The van der Waals surface area contributed by atoms with Gasteiger partial charge in [-0.1, -0.05) is 6.07 Å². The van der Waals surface area contributed by atoms with Crippen molar-refractivity contribution in [3.05, 3.63) is 60.0 Å². The van der Waals surface area contributed by atoms with Crippen molar-refractivity contribution in [2.45, 2.75) is 58.7 Å². The van der Waals surface area contributed by atoms with E-state index in [-0.39, 0.29) is 24.1 Å². The van der Waals surface area contributed by atoms with Gasteiger partial charge in [-0.15, -0.1) is 0 Å². The second kappa shape index (κ2) is 10.8. The first-order chi connectivity index (χ1) is 15.2. The Morgan fingerprint density at radius 1 is 1.09 bits per heavy atom. The number of hydrogen-bond acceptors (Lipinski definition) is 4. The molecule has 174 valence electrons. The number of aromatic nitrogens is 1. The van der Waals surface area contributed by atoms with Crippen molar-refractivity contribution in [1.82, 2.24) is 9.88 Å². The van der Waals surface area contributed by atoms with Gasteiger partial charge in [0, 0.05) is 43.5 Å². The zero-order valence-corrected chi connectivity index (χ0v) is 19.5. The highest BCUT2D eigenvalue weighted by Gasteiger charge is 2.16. The van der Waals surface area contributed by atoms with Crippen LogP contribution in [-0.4, -0.2) is 41.1 Å². The molecule has 0 saturated carbocycles. The van der Waals surface area contributed by atoms with E-state index >= 15 is 0 Å². The number of benzene rings is 2. The zero-order valence-electron chi connectivity index (χ0n) is 19.5. The van der Waals surface area contributed by atoms with E-state index in [1.54, 1.807) is 6.07 Å². The summed E-state index contributed by atoms with van der Waals surface area (Å²) in [6.07, 6.45) is 3.73. The van der Waals surface area contributed by atoms with Crippen LogP contribution >= 0.6 is 0 Å². The van der Waals surface area contributed by atoms with Crippen molar-refractivity contribution in [2.75, 3.05) is 19.8 Å². The Morgan fingerprint density at radius 3 is 2.66 bits per heavy atom. The molecule has 0 fully saturated rings. The van der Waals surface area contributed by atoms with Crippen LogP contribution < -0.4 is 14.8 Å². The lowest BCUT2D eigenvalue weighted by molar-refractivity contribution is 0.123. The van der Waals surface area contributed by atoms with Crippen molar-refractivity contribution in [1.29, 1.82) is 0 Å². The molecule has 0 spiro atoms. The van der Waals surface area contributed by atoms with E-state index in [9.17, 15) is 4.39 Å². The first kappa shape index (κ1) is 24.1. The van der Waals surface area contributed by atoms with Gasteiger partial charge in [0.25, 0.3) is 0 Å². The molecule has 0 saturated heterocycles. The highest BCUT2D eigenvalue weighted by Crippen LogP contribution is 2.31. The summed E-state index contributed by atoms with van der Waals surface area (Å²) in [4.78, 5) is 0. The first-order valence-corrected chi connectivity index (χ1v) is 11.3. The molecule has 0 aliphatic heterocycles. The molecule has 0 aliphatic rings. The average molecular weight is 443 g/mol. The van der Waals surface area contributed by atoms with Crippen LogP contribution in [-0.2, 0) is 13.0 Å². The van der Waals surface area contributed by atoms with Crippen molar-refractivity contribution in [3.63, 3.8) is 0 Å². The third kappa shape index (κ3) is 6.97. The smallest absolute Gasteiger partial charge is 0.164 e. The van der Waals surface area contributed by atoms with Gasteiger partial charge in [0.15, 0.2) is 11.5 Å². The molecule has 2 aromatic carbocycles. The first-order valence-electron chi connectivity index (χ1n) is 11.3. The number of aliphatic hydroxyl groups is 1. The highest BCUT2D eigenvalue weighted by molar-refractivity contribution is 5.80. The molecular weight excluding hydrogens is 407 g/mol. The van der Waals surface area contributed by atoms with Gasteiger partial charge in [-0.2, -0.15) is 0 Å². The maximum atomic E-state index is 13.7. The predicted molar refractivity (Wildman–Crippen MR) is 127 cm³/mol. The number of aliphatic hydroxyl groups excluding tert-OH is 1. The predicted octanol–water partition coefficient (Wildman–Crippen LogP) is 4.94. The second-order valence-corrected chi connectivity index (χ2v) is 9.19. The van der Waals surface area contributed by atoms with Gasteiger partial charge in [-0.25, -0.2) is 4.39 Å². The lowest BCUT2D eigenvalue weighted by Gasteiger charge is -2.23. The molecule has 5 nitrogen and oxygen atoms in total. The lowest BCUT2D eigenvalue weighted by Crippen LogP contribution is -2.32. The molecule has 32 heavy (non-hydrogen) atoms. The van der Waals surface area contributed by atoms with Crippen molar-refractivity contribution < 1.29 is 19.0 Å². The van der Waals surface area contributed by atoms with Crippen LogP contribution in [0.15, 0.2) is 48.7 Å². The minimum Gasteiger partial charge on any atom is -0.488 e.